The highest BCUT2D eigenvalue weighted by atomic mass is 32.3. The SMILES string of the molecule is O=S(=O)(F)c1cccc(O)c1. The largest absolute Gasteiger partial charge is 0.508 e. The zero-order valence-corrected chi connectivity index (χ0v) is 6.18. The molecule has 0 aromatic heterocycles. The fraction of sp³-hybridized carbons (Fsp3) is 0. The highest BCUT2D eigenvalue weighted by Gasteiger charge is 2.10. The van der Waals surface area contributed by atoms with Crippen molar-refractivity contribution in [1.82, 2.24) is 0 Å². The molecule has 1 rings (SSSR count). The van der Waals surface area contributed by atoms with Crippen LogP contribution in [0.3, 0.4) is 0 Å². The van der Waals surface area contributed by atoms with Crippen molar-refractivity contribution >= 4 is 10.2 Å². The first-order valence-electron chi connectivity index (χ1n) is 2.74. The van der Waals surface area contributed by atoms with E-state index in [1.165, 1.54) is 12.1 Å². The standard InChI is InChI=1S/C6H5FO3S/c7-11(9,10)6-3-1-2-5(8)4-6/h1-4,8H. The molecule has 0 fully saturated rings. The smallest absolute Gasteiger partial charge is 0.332 e. The van der Waals surface area contributed by atoms with Crippen LogP contribution in [0.15, 0.2) is 29.2 Å². The van der Waals surface area contributed by atoms with Gasteiger partial charge in [0.2, 0.25) is 0 Å². The Morgan fingerprint density at radius 2 is 2.00 bits per heavy atom. The molecular formula is C6H5FO3S. The lowest BCUT2D eigenvalue weighted by molar-refractivity contribution is 0.472. The maximum Gasteiger partial charge on any atom is 0.332 e. The molecule has 0 aliphatic carbocycles. The van der Waals surface area contributed by atoms with Gasteiger partial charge in [0, 0.05) is 6.07 Å². The maximum absolute atomic E-state index is 12.2. The number of halogens is 1. The fourth-order valence-electron chi connectivity index (χ4n) is 0.635. The van der Waals surface area contributed by atoms with Gasteiger partial charge < -0.3 is 5.11 Å². The lowest BCUT2D eigenvalue weighted by Crippen LogP contribution is -1.90. The van der Waals surface area contributed by atoms with Crippen LogP contribution < -0.4 is 0 Å². The third-order valence-corrected chi connectivity index (χ3v) is 1.92. The molecule has 0 amide bonds. The van der Waals surface area contributed by atoms with Crippen molar-refractivity contribution in [3.8, 4) is 5.75 Å². The van der Waals surface area contributed by atoms with Gasteiger partial charge in [0.05, 0.1) is 0 Å². The summed E-state index contributed by atoms with van der Waals surface area (Å²) in [6.07, 6.45) is 0. The Balaban J connectivity index is 3.28. The molecular weight excluding hydrogens is 171 g/mol. The first kappa shape index (κ1) is 8.00. The van der Waals surface area contributed by atoms with Crippen LogP contribution in [0.25, 0.3) is 0 Å². The number of hydrogen-bond donors (Lipinski definition) is 1. The summed E-state index contributed by atoms with van der Waals surface area (Å²) in [6, 6.07) is 4.42. The van der Waals surface area contributed by atoms with Crippen molar-refractivity contribution in [1.29, 1.82) is 0 Å². The molecule has 1 aromatic carbocycles. The van der Waals surface area contributed by atoms with Crippen molar-refractivity contribution in [2.75, 3.05) is 0 Å². The summed E-state index contributed by atoms with van der Waals surface area (Å²) < 4.78 is 32.6. The van der Waals surface area contributed by atoms with E-state index in [4.69, 9.17) is 5.11 Å². The quantitative estimate of drug-likeness (QED) is 0.650. The average molecular weight is 176 g/mol. The number of aromatic hydroxyl groups is 1. The molecule has 3 nitrogen and oxygen atoms in total. The number of hydrogen-bond acceptors (Lipinski definition) is 3. The molecule has 5 heteroatoms. The summed E-state index contributed by atoms with van der Waals surface area (Å²) in [5.41, 5.74) is 0. The predicted molar refractivity (Wildman–Crippen MR) is 36.4 cm³/mol. The van der Waals surface area contributed by atoms with E-state index < -0.39 is 15.1 Å². The van der Waals surface area contributed by atoms with Gasteiger partial charge in [-0.05, 0) is 12.1 Å². The van der Waals surface area contributed by atoms with Crippen molar-refractivity contribution < 1.29 is 17.4 Å². The van der Waals surface area contributed by atoms with Gasteiger partial charge in [0.15, 0.2) is 0 Å². The summed E-state index contributed by atoms with van der Waals surface area (Å²) in [4.78, 5) is -0.530. The molecule has 0 aliphatic heterocycles. The monoisotopic (exact) mass is 176 g/mol. The van der Waals surface area contributed by atoms with Crippen LogP contribution in [0.1, 0.15) is 0 Å². The van der Waals surface area contributed by atoms with Crippen LogP contribution in [-0.2, 0) is 10.2 Å². The number of phenolic OH excluding ortho intramolecular Hbond substituents is 1. The van der Waals surface area contributed by atoms with E-state index >= 15 is 0 Å². The minimum absolute atomic E-state index is 0.274. The molecule has 1 N–H and O–H groups in total. The highest BCUT2D eigenvalue weighted by Crippen LogP contribution is 2.17. The summed E-state index contributed by atoms with van der Waals surface area (Å²) in [6.45, 7) is 0. The molecule has 0 aliphatic rings. The Morgan fingerprint density at radius 1 is 1.36 bits per heavy atom. The lowest BCUT2D eigenvalue weighted by atomic mass is 10.3. The second-order valence-electron chi connectivity index (χ2n) is 1.94. The van der Waals surface area contributed by atoms with Crippen LogP contribution in [0.5, 0.6) is 5.75 Å². The van der Waals surface area contributed by atoms with E-state index in [9.17, 15) is 12.3 Å². The van der Waals surface area contributed by atoms with Gasteiger partial charge >= 0.3 is 10.2 Å². The molecule has 1 aromatic rings. The van der Waals surface area contributed by atoms with Crippen molar-refractivity contribution in [3.63, 3.8) is 0 Å². The first-order valence-corrected chi connectivity index (χ1v) is 4.12. The summed E-state index contributed by atoms with van der Waals surface area (Å²) in [5.74, 6) is -0.274. The number of benzene rings is 1. The normalized spacial score (nSPS) is 11.4. The van der Waals surface area contributed by atoms with Crippen LogP contribution in [0.4, 0.5) is 3.89 Å². The van der Waals surface area contributed by atoms with Crippen LogP contribution in [-0.4, -0.2) is 13.5 Å². The van der Waals surface area contributed by atoms with Crippen molar-refractivity contribution in [3.05, 3.63) is 24.3 Å². The van der Waals surface area contributed by atoms with Crippen LogP contribution in [0.2, 0.25) is 0 Å². The van der Waals surface area contributed by atoms with Gasteiger partial charge in [0.25, 0.3) is 0 Å². The van der Waals surface area contributed by atoms with Gasteiger partial charge in [-0.1, -0.05) is 6.07 Å². The van der Waals surface area contributed by atoms with E-state index in [1.807, 2.05) is 0 Å². The topological polar surface area (TPSA) is 54.4 Å². The third kappa shape index (κ3) is 1.91. The predicted octanol–water partition coefficient (Wildman–Crippen LogP) is 1.05. The summed E-state index contributed by atoms with van der Waals surface area (Å²) in [7, 11) is -4.69. The van der Waals surface area contributed by atoms with Gasteiger partial charge in [-0.25, -0.2) is 0 Å². The van der Waals surface area contributed by atoms with Crippen LogP contribution in [0, 0.1) is 0 Å². The lowest BCUT2D eigenvalue weighted by Gasteiger charge is -1.93. The van der Waals surface area contributed by atoms with E-state index in [0.717, 1.165) is 12.1 Å². The minimum atomic E-state index is -4.69. The molecule has 0 saturated carbocycles. The molecule has 0 unspecified atom stereocenters. The van der Waals surface area contributed by atoms with E-state index in [1.54, 1.807) is 0 Å². The highest BCUT2D eigenvalue weighted by molar-refractivity contribution is 7.86. The molecule has 0 spiro atoms. The molecule has 0 bridgehead atoms. The maximum atomic E-state index is 12.2. The first-order chi connectivity index (χ1) is 5.00. The van der Waals surface area contributed by atoms with E-state index in [0.29, 0.717) is 0 Å². The molecule has 60 valence electrons. The summed E-state index contributed by atoms with van der Waals surface area (Å²) in [5, 5.41) is 8.75. The van der Waals surface area contributed by atoms with Gasteiger partial charge in [-0.3, -0.25) is 0 Å². The average Bonchev–Trinajstić information content (AvgIpc) is 1.86. The Kier molecular flexibility index (Phi) is 1.82. The molecule has 0 radical (unpaired) electrons. The second-order valence-corrected chi connectivity index (χ2v) is 3.28. The zero-order valence-electron chi connectivity index (χ0n) is 5.36. The van der Waals surface area contributed by atoms with Gasteiger partial charge in [-0.2, -0.15) is 8.42 Å². The number of phenols is 1. The van der Waals surface area contributed by atoms with Crippen molar-refractivity contribution in [2.24, 2.45) is 0 Å². The van der Waals surface area contributed by atoms with Gasteiger partial charge in [-0.15, -0.1) is 3.89 Å². The van der Waals surface area contributed by atoms with Crippen LogP contribution >= 0.6 is 0 Å². The summed E-state index contributed by atoms with van der Waals surface area (Å²) >= 11 is 0. The van der Waals surface area contributed by atoms with Crippen molar-refractivity contribution in [2.45, 2.75) is 4.90 Å². The Hall–Kier alpha value is -1.10. The molecule has 0 atom stereocenters. The molecule has 11 heavy (non-hydrogen) atoms. The zero-order chi connectivity index (χ0) is 8.48. The Labute approximate surface area is 63.3 Å². The molecule has 0 heterocycles. The van der Waals surface area contributed by atoms with E-state index in [2.05, 4.69) is 0 Å². The minimum Gasteiger partial charge on any atom is -0.508 e. The number of rotatable bonds is 1. The third-order valence-electron chi connectivity index (χ3n) is 1.10. The molecule has 0 saturated heterocycles. The van der Waals surface area contributed by atoms with E-state index in [-0.39, 0.29) is 5.75 Å². The second kappa shape index (κ2) is 2.50. The fourth-order valence-corrected chi connectivity index (χ4v) is 1.14. The van der Waals surface area contributed by atoms with Gasteiger partial charge in [0.1, 0.15) is 10.6 Å². The Bertz CT molecular complexity index is 358. The Morgan fingerprint density at radius 3 is 2.36 bits per heavy atom.